The predicted octanol–water partition coefficient (Wildman–Crippen LogP) is 2.63. The fourth-order valence-corrected chi connectivity index (χ4v) is 1.91. The molecule has 1 amide bonds. The molecule has 1 aromatic carbocycles. The fourth-order valence-electron chi connectivity index (χ4n) is 1.91. The van der Waals surface area contributed by atoms with Crippen LogP contribution in [0.1, 0.15) is 27.4 Å². The quantitative estimate of drug-likeness (QED) is 0.835. The van der Waals surface area contributed by atoms with Crippen molar-refractivity contribution in [3.63, 3.8) is 0 Å². The number of amides is 1. The van der Waals surface area contributed by atoms with Crippen molar-refractivity contribution in [2.24, 2.45) is 0 Å². The molecule has 0 spiro atoms. The van der Waals surface area contributed by atoms with Crippen LogP contribution in [-0.4, -0.2) is 17.6 Å². The molecule has 2 rings (SSSR count). The van der Waals surface area contributed by atoms with E-state index >= 15 is 0 Å². The van der Waals surface area contributed by atoms with E-state index in [2.05, 4.69) is 17.2 Å². The molecule has 0 radical (unpaired) electrons. The number of carbonyl (C=O) groups excluding carboxylic acids is 1. The van der Waals surface area contributed by atoms with E-state index in [1.54, 1.807) is 19.9 Å². The third-order valence-corrected chi connectivity index (χ3v) is 2.82. The Morgan fingerprint density at radius 2 is 2.14 bits per heavy atom. The normalized spacial score (nSPS) is 9.90. The Hall–Kier alpha value is -2.58. The molecule has 0 atom stereocenters. The van der Waals surface area contributed by atoms with Crippen LogP contribution in [0.3, 0.4) is 0 Å². The van der Waals surface area contributed by atoms with Crippen LogP contribution in [0.4, 0.5) is 10.1 Å². The van der Waals surface area contributed by atoms with E-state index < -0.39 is 5.82 Å². The molecule has 0 aliphatic heterocycles. The van der Waals surface area contributed by atoms with Crippen molar-refractivity contribution in [3.8, 4) is 11.8 Å². The second-order valence-electron chi connectivity index (χ2n) is 4.43. The molecule has 5 heteroatoms. The van der Waals surface area contributed by atoms with Gasteiger partial charge >= 0.3 is 0 Å². The lowest BCUT2D eigenvalue weighted by Gasteiger charge is -2.07. The van der Waals surface area contributed by atoms with E-state index in [1.807, 2.05) is 0 Å². The van der Waals surface area contributed by atoms with E-state index in [0.717, 1.165) is 0 Å². The maximum absolute atomic E-state index is 13.2. The summed E-state index contributed by atoms with van der Waals surface area (Å²) in [5, 5.41) is 11.4. The Balaban J connectivity index is 2.31. The number of anilines is 1. The monoisotopic (exact) mass is 287 g/mol. The Labute approximate surface area is 121 Å². The highest BCUT2D eigenvalue weighted by Crippen LogP contribution is 2.19. The van der Waals surface area contributed by atoms with Gasteiger partial charge in [0.15, 0.2) is 0 Å². The summed E-state index contributed by atoms with van der Waals surface area (Å²) in [6.07, 6.45) is 0. The zero-order chi connectivity index (χ0) is 15.4. The molecule has 0 fully saturated rings. The van der Waals surface area contributed by atoms with Crippen molar-refractivity contribution in [1.82, 2.24) is 0 Å². The average Bonchev–Trinajstić information content (AvgIpc) is 2.78. The highest BCUT2D eigenvalue weighted by atomic mass is 19.1. The first-order valence-electron chi connectivity index (χ1n) is 6.29. The smallest absolute Gasteiger partial charge is 0.259 e. The van der Waals surface area contributed by atoms with Crippen molar-refractivity contribution < 1.29 is 18.7 Å². The molecule has 2 aromatic rings. The molecule has 0 saturated carbocycles. The van der Waals surface area contributed by atoms with E-state index in [9.17, 15) is 9.18 Å². The van der Waals surface area contributed by atoms with E-state index in [0.29, 0.717) is 28.3 Å². The van der Waals surface area contributed by atoms with Gasteiger partial charge in [-0.25, -0.2) is 4.39 Å². The number of aliphatic hydroxyl groups is 1. The van der Waals surface area contributed by atoms with Gasteiger partial charge in [0.05, 0.1) is 16.8 Å². The molecule has 0 bridgehead atoms. The Morgan fingerprint density at radius 3 is 2.76 bits per heavy atom. The zero-order valence-corrected chi connectivity index (χ0v) is 11.7. The van der Waals surface area contributed by atoms with Crippen LogP contribution >= 0.6 is 0 Å². The Kier molecular flexibility index (Phi) is 4.41. The molecule has 0 saturated heterocycles. The van der Waals surface area contributed by atoms with Crippen LogP contribution in [0.25, 0.3) is 0 Å². The summed E-state index contributed by atoms with van der Waals surface area (Å²) in [5.74, 6) is 5.35. The van der Waals surface area contributed by atoms with E-state index in [-0.39, 0.29) is 12.5 Å². The number of aryl methyl sites for hydroxylation is 2. The van der Waals surface area contributed by atoms with Gasteiger partial charge in [0.25, 0.3) is 5.91 Å². The molecule has 108 valence electrons. The molecule has 4 nitrogen and oxygen atoms in total. The summed E-state index contributed by atoms with van der Waals surface area (Å²) >= 11 is 0. The van der Waals surface area contributed by atoms with Crippen molar-refractivity contribution in [3.05, 3.63) is 52.7 Å². The van der Waals surface area contributed by atoms with Gasteiger partial charge in [-0.3, -0.25) is 4.79 Å². The Bertz CT molecular complexity index is 738. The third kappa shape index (κ3) is 3.50. The second kappa shape index (κ2) is 6.25. The van der Waals surface area contributed by atoms with Crippen LogP contribution in [0.5, 0.6) is 0 Å². The van der Waals surface area contributed by atoms with E-state index in [4.69, 9.17) is 9.52 Å². The molecule has 1 aromatic heterocycles. The number of nitrogens with one attached hydrogen (secondary N) is 1. The molecule has 0 unspecified atom stereocenters. The number of furan rings is 1. The van der Waals surface area contributed by atoms with E-state index in [1.165, 1.54) is 18.2 Å². The van der Waals surface area contributed by atoms with Gasteiger partial charge in [-0.1, -0.05) is 11.8 Å². The Morgan fingerprint density at radius 1 is 1.38 bits per heavy atom. The number of hydrogen-bond donors (Lipinski definition) is 2. The summed E-state index contributed by atoms with van der Waals surface area (Å²) in [6.45, 7) is 3.10. The molecule has 0 aliphatic rings. The van der Waals surface area contributed by atoms with Gasteiger partial charge in [0.1, 0.15) is 23.9 Å². The average molecular weight is 287 g/mol. The summed E-state index contributed by atoms with van der Waals surface area (Å²) in [7, 11) is 0. The number of halogens is 1. The minimum absolute atomic E-state index is 0.301. The maximum atomic E-state index is 13.2. The number of rotatable bonds is 2. The molecule has 0 aliphatic carbocycles. The zero-order valence-electron chi connectivity index (χ0n) is 11.7. The number of benzene rings is 1. The van der Waals surface area contributed by atoms with Gasteiger partial charge < -0.3 is 14.8 Å². The minimum Gasteiger partial charge on any atom is -0.466 e. The summed E-state index contributed by atoms with van der Waals surface area (Å²) in [5.41, 5.74) is 1.09. The second-order valence-corrected chi connectivity index (χ2v) is 4.43. The minimum atomic E-state index is -0.467. The van der Waals surface area contributed by atoms with Crippen molar-refractivity contribution in [1.29, 1.82) is 0 Å². The van der Waals surface area contributed by atoms with Crippen LogP contribution in [-0.2, 0) is 0 Å². The fraction of sp³-hybridized carbons (Fsp3) is 0.188. The van der Waals surface area contributed by atoms with Crippen molar-refractivity contribution in [2.75, 3.05) is 11.9 Å². The predicted molar refractivity (Wildman–Crippen MR) is 76.5 cm³/mol. The number of carbonyl (C=O) groups is 1. The molecule has 21 heavy (non-hydrogen) atoms. The van der Waals surface area contributed by atoms with Gasteiger partial charge in [0, 0.05) is 0 Å². The molecule has 2 N–H and O–H groups in total. The highest BCUT2D eigenvalue weighted by molar-refractivity contribution is 6.05. The molecule has 1 heterocycles. The van der Waals surface area contributed by atoms with Gasteiger partial charge in [0.2, 0.25) is 0 Å². The lowest BCUT2D eigenvalue weighted by molar-refractivity contribution is 0.102. The first-order chi connectivity index (χ1) is 10.0. The standard InChI is InChI=1S/C16H14FNO3/c1-10-8-14(11(2)21-10)16(20)18-15-6-5-13(17)9-12(15)4-3-7-19/h5-6,8-9,19H,7H2,1-2H3,(H,18,20). The lowest BCUT2D eigenvalue weighted by Crippen LogP contribution is -2.13. The third-order valence-electron chi connectivity index (χ3n) is 2.82. The van der Waals surface area contributed by atoms with Gasteiger partial charge in [-0.2, -0.15) is 0 Å². The largest absolute Gasteiger partial charge is 0.466 e. The highest BCUT2D eigenvalue weighted by Gasteiger charge is 2.15. The number of aliphatic hydroxyl groups excluding tert-OH is 1. The summed E-state index contributed by atoms with van der Waals surface area (Å²) in [4.78, 5) is 12.2. The van der Waals surface area contributed by atoms with Crippen molar-refractivity contribution in [2.45, 2.75) is 13.8 Å². The first kappa shape index (κ1) is 14.8. The summed E-state index contributed by atoms with van der Waals surface area (Å²) in [6, 6.07) is 5.49. The van der Waals surface area contributed by atoms with Crippen LogP contribution in [0, 0.1) is 31.5 Å². The topological polar surface area (TPSA) is 62.5 Å². The lowest BCUT2D eigenvalue weighted by atomic mass is 10.1. The van der Waals surface area contributed by atoms with Gasteiger partial charge in [-0.05, 0) is 38.1 Å². The SMILES string of the molecule is Cc1cc(C(=O)Nc2ccc(F)cc2C#CCO)c(C)o1. The van der Waals surface area contributed by atoms with Crippen LogP contribution < -0.4 is 5.32 Å². The maximum Gasteiger partial charge on any atom is 0.259 e. The molecular formula is C16H14FNO3. The van der Waals surface area contributed by atoms with Crippen LogP contribution in [0.15, 0.2) is 28.7 Å². The van der Waals surface area contributed by atoms with Crippen molar-refractivity contribution >= 4 is 11.6 Å². The number of hydrogen-bond acceptors (Lipinski definition) is 3. The van der Waals surface area contributed by atoms with Crippen LogP contribution in [0.2, 0.25) is 0 Å². The molecular weight excluding hydrogens is 273 g/mol. The summed E-state index contributed by atoms with van der Waals surface area (Å²) < 4.78 is 18.6. The first-order valence-corrected chi connectivity index (χ1v) is 6.29. The van der Waals surface area contributed by atoms with Gasteiger partial charge in [-0.15, -0.1) is 0 Å².